The summed E-state index contributed by atoms with van der Waals surface area (Å²) in [5.74, 6) is 0. The van der Waals surface area contributed by atoms with Crippen molar-refractivity contribution in [3.8, 4) is 33.4 Å². The summed E-state index contributed by atoms with van der Waals surface area (Å²) in [5, 5.41) is 4.67. The van der Waals surface area contributed by atoms with Crippen LogP contribution in [0.25, 0.3) is 77.3 Å². The van der Waals surface area contributed by atoms with Crippen molar-refractivity contribution in [1.29, 1.82) is 0 Å². The van der Waals surface area contributed by atoms with Gasteiger partial charge in [-0.2, -0.15) is 0 Å². The number of aryl methyl sites for hydroxylation is 2. The molecule has 8 aromatic rings. The molecule has 2 aromatic heterocycles. The van der Waals surface area contributed by atoms with E-state index < -0.39 is 0 Å². The Morgan fingerprint density at radius 3 is 1.60 bits per heavy atom. The maximum Gasteiger partial charge on any atom is 0.144 e. The minimum atomic E-state index is 0.914. The Kier molecular flexibility index (Phi) is 4.48. The van der Waals surface area contributed by atoms with Crippen LogP contribution in [0.15, 0.2) is 130 Å². The van der Waals surface area contributed by atoms with E-state index in [1.807, 2.05) is 0 Å². The van der Waals surface area contributed by atoms with Crippen molar-refractivity contribution in [1.82, 2.24) is 0 Å². The van der Waals surface area contributed by atoms with Crippen LogP contribution in [0.1, 0.15) is 11.1 Å². The maximum atomic E-state index is 6.79. The molecule has 9 rings (SSSR count). The Hall–Kier alpha value is -5.08. The molecule has 6 aromatic carbocycles. The lowest BCUT2D eigenvalue weighted by molar-refractivity contribution is 0.668. The molecule has 1 aliphatic carbocycles. The second-order valence-electron chi connectivity index (χ2n) is 10.8. The fourth-order valence-corrected chi connectivity index (χ4v) is 6.81. The van der Waals surface area contributed by atoms with E-state index in [9.17, 15) is 0 Å². The van der Waals surface area contributed by atoms with Crippen LogP contribution in [0.2, 0.25) is 0 Å². The Morgan fingerprint density at radius 2 is 0.925 bits per heavy atom. The highest BCUT2D eigenvalue weighted by atomic mass is 16.3. The van der Waals surface area contributed by atoms with Crippen molar-refractivity contribution in [3.63, 3.8) is 0 Å². The van der Waals surface area contributed by atoms with Crippen LogP contribution in [-0.4, -0.2) is 0 Å². The van der Waals surface area contributed by atoms with Crippen LogP contribution < -0.4 is 0 Å². The van der Waals surface area contributed by atoms with Gasteiger partial charge in [0.1, 0.15) is 22.3 Å². The summed E-state index contributed by atoms with van der Waals surface area (Å²) in [4.78, 5) is 0. The predicted molar refractivity (Wildman–Crippen MR) is 165 cm³/mol. The zero-order chi connectivity index (χ0) is 26.2. The molecule has 0 radical (unpaired) electrons. The Bertz CT molecular complexity index is 2250. The molecule has 0 bridgehead atoms. The van der Waals surface area contributed by atoms with Crippen molar-refractivity contribution in [2.75, 3.05) is 0 Å². The molecule has 1 aliphatic rings. The van der Waals surface area contributed by atoms with Gasteiger partial charge in [-0.25, -0.2) is 0 Å². The first-order valence-corrected chi connectivity index (χ1v) is 13.9. The summed E-state index contributed by atoms with van der Waals surface area (Å²) in [6.07, 6.45) is 1.93. The van der Waals surface area contributed by atoms with Gasteiger partial charge in [0.25, 0.3) is 0 Å². The molecule has 0 saturated carbocycles. The Morgan fingerprint density at radius 1 is 0.425 bits per heavy atom. The molecule has 0 amide bonds. The number of fused-ring (bicyclic) bond motifs is 11. The highest BCUT2D eigenvalue weighted by molar-refractivity contribution is 6.23. The molecular weight excluding hydrogens is 488 g/mol. The van der Waals surface area contributed by atoms with Gasteiger partial charge < -0.3 is 8.83 Å². The van der Waals surface area contributed by atoms with Crippen molar-refractivity contribution in [2.45, 2.75) is 12.8 Å². The van der Waals surface area contributed by atoms with Crippen LogP contribution in [0, 0.1) is 0 Å². The second-order valence-corrected chi connectivity index (χ2v) is 10.8. The van der Waals surface area contributed by atoms with Crippen molar-refractivity contribution < 1.29 is 8.83 Å². The van der Waals surface area contributed by atoms with Crippen LogP contribution in [0.3, 0.4) is 0 Å². The third kappa shape index (κ3) is 2.99. The van der Waals surface area contributed by atoms with Gasteiger partial charge in [-0.05, 0) is 64.9 Å². The Labute approximate surface area is 231 Å². The first-order valence-electron chi connectivity index (χ1n) is 13.9. The lowest BCUT2D eigenvalue weighted by atomic mass is 9.79. The summed E-state index contributed by atoms with van der Waals surface area (Å²) in [5.41, 5.74) is 13.7. The Balaban J connectivity index is 1.47. The lowest BCUT2D eigenvalue weighted by Crippen LogP contribution is -2.06. The fraction of sp³-hybridized carbons (Fsp3) is 0.0526. The predicted octanol–water partition coefficient (Wildman–Crippen LogP) is 10.6. The normalized spacial score (nSPS) is 12.8. The molecule has 0 aliphatic heterocycles. The van der Waals surface area contributed by atoms with Crippen LogP contribution >= 0.6 is 0 Å². The van der Waals surface area contributed by atoms with Crippen molar-refractivity contribution >= 4 is 43.9 Å². The third-order valence-corrected chi connectivity index (χ3v) is 8.54. The van der Waals surface area contributed by atoms with Gasteiger partial charge in [-0.15, -0.1) is 0 Å². The number of furan rings is 2. The van der Waals surface area contributed by atoms with E-state index in [1.54, 1.807) is 0 Å². The molecule has 2 nitrogen and oxygen atoms in total. The van der Waals surface area contributed by atoms with Crippen molar-refractivity contribution in [3.05, 3.63) is 132 Å². The van der Waals surface area contributed by atoms with Gasteiger partial charge in [0.05, 0.1) is 0 Å². The monoisotopic (exact) mass is 512 g/mol. The van der Waals surface area contributed by atoms with Gasteiger partial charge in [-0.1, -0.05) is 97.1 Å². The van der Waals surface area contributed by atoms with Gasteiger partial charge in [0.2, 0.25) is 0 Å². The minimum Gasteiger partial charge on any atom is -0.455 e. The largest absolute Gasteiger partial charge is 0.455 e. The summed E-state index contributed by atoms with van der Waals surface area (Å²) in [7, 11) is 0. The molecule has 0 spiro atoms. The molecule has 0 N–H and O–H groups in total. The average molecular weight is 513 g/mol. The smallest absolute Gasteiger partial charge is 0.144 e. The van der Waals surface area contributed by atoms with E-state index in [0.717, 1.165) is 51.5 Å². The zero-order valence-corrected chi connectivity index (χ0v) is 21.8. The molecule has 0 saturated heterocycles. The van der Waals surface area contributed by atoms with E-state index in [0.29, 0.717) is 0 Å². The molecule has 0 unspecified atom stereocenters. The quantitative estimate of drug-likeness (QED) is 0.230. The topological polar surface area (TPSA) is 26.3 Å². The van der Waals surface area contributed by atoms with Gasteiger partial charge in [0, 0.05) is 38.2 Å². The highest BCUT2D eigenvalue weighted by Gasteiger charge is 2.29. The van der Waals surface area contributed by atoms with Crippen LogP contribution in [0.5, 0.6) is 0 Å². The van der Waals surface area contributed by atoms with Gasteiger partial charge in [0.15, 0.2) is 0 Å². The zero-order valence-electron chi connectivity index (χ0n) is 21.8. The fourth-order valence-electron chi connectivity index (χ4n) is 6.81. The summed E-state index contributed by atoms with van der Waals surface area (Å²) in [6.45, 7) is 0. The number of hydrogen-bond acceptors (Lipinski definition) is 2. The van der Waals surface area contributed by atoms with Gasteiger partial charge >= 0.3 is 0 Å². The number of para-hydroxylation sites is 2. The second kappa shape index (κ2) is 8.21. The molecule has 0 fully saturated rings. The summed E-state index contributed by atoms with van der Waals surface area (Å²) >= 11 is 0. The van der Waals surface area contributed by atoms with E-state index in [1.165, 1.54) is 49.7 Å². The standard InChI is InChI=1S/C38H24O2/c1-3-11-23(12-4-1)29-21-26-20-19-25-22-30(24-13-5-2-6-14-24)37-36(28-16-8-10-18-32(28)39-37)33(25)34(26)38-35(29)27-15-7-9-17-31(27)40-38/h1-18,21-22H,19-20H2. The number of rotatable bonds is 2. The average Bonchev–Trinajstić information content (AvgIpc) is 3.60. The van der Waals surface area contributed by atoms with E-state index >= 15 is 0 Å². The molecule has 2 heteroatoms. The molecular formula is C38H24O2. The highest BCUT2D eigenvalue weighted by Crippen LogP contribution is 2.51. The summed E-state index contributed by atoms with van der Waals surface area (Å²) < 4.78 is 13.4. The maximum absolute atomic E-state index is 6.79. The van der Waals surface area contributed by atoms with E-state index in [-0.39, 0.29) is 0 Å². The van der Waals surface area contributed by atoms with E-state index in [4.69, 9.17) is 8.83 Å². The SMILES string of the molecule is c1ccc(-c2cc3c(c4c2oc2ccccc24)-c2c(cc(-c4ccccc4)c4c2oc2ccccc24)CC3)cc1. The number of benzene rings is 6. The first-order chi connectivity index (χ1) is 19.8. The van der Waals surface area contributed by atoms with Gasteiger partial charge in [-0.3, -0.25) is 0 Å². The third-order valence-electron chi connectivity index (χ3n) is 8.54. The molecule has 40 heavy (non-hydrogen) atoms. The molecule has 2 heterocycles. The number of hydrogen-bond donors (Lipinski definition) is 0. The minimum absolute atomic E-state index is 0.914. The summed E-state index contributed by atoms with van der Waals surface area (Å²) in [6, 6.07) is 43.0. The van der Waals surface area contributed by atoms with E-state index in [2.05, 4.69) is 121 Å². The molecule has 0 atom stereocenters. The lowest BCUT2D eigenvalue weighted by Gasteiger charge is -2.23. The first kappa shape index (κ1) is 21.8. The van der Waals surface area contributed by atoms with Crippen LogP contribution in [-0.2, 0) is 12.8 Å². The van der Waals surface area contributed by atoms with Crippen LogP contribution in [0.4, 0.5) is 0 Å². The van der Waals surface area contributed by atoms with Crippen molar-refractivity contribution in [2.24, 2.45) is 0 Å². The molecule has 188 valence electrons.